The van der Waals surface area contributed by atoms with Gasteiger partial charge in [-0.1, -0.05) is 12.1 Å². The molecule has 23 heavy (non-hydrogen) atoms. The fourth-order valence-corrected chi connectivity index (χ4v) is 3.92. The molecule has 1 aliphatic carbocycles. The van der Waals surface area contributed by atoms with E-state index in [1.807, 2.05) is 6.07 Å². The summed E-state index contributed by atoms with van der Waals surface area (Å²) in [4.78, 5) is 8.64. The summed E-state index contributed by atoms with van der Waals surface area (Å²) in [6.07, 6.45) is 7.11. The molecule has 0 bridgehead atoms. The molecule has 1 saturated carbocycles. The van der Waals surface area contributed by atoms with Crippen molar-refractivity contribution in [2.75, 3.05) is 11.3 Å². The predicted octanol–water partition coefficient (Wildman–Crippen LogP) is 2.16. The van der Waals surface area contributed by atoms with Crippen molar-refractivity contribution >= 4 is 15.7 Å². The van der Waals surface area contributed by atoms with Crippen LogP contribution in [0.25, 0.3) is 0 Å². The van der Waals surface area contributed by atoms with Crippen molar-refractivity contribution in [3.05, 3.63) is 42.0 Å². The van der Waals surface area contributed by atoms with Crippen LogP contribution >= 0.6 is 0 Å². The van der Waals surface area contributed by atoms with Gasteiger partial charge in [-0.3, -0.25) is 4.72 Å². The number of ether oxygens (including phenoxy) is 1. The summed E-state index contributed by atoms with van der Waals surface area (Å²) >= 11 is 0. The maximum Gasteiger partial charge on any atom is 0.265 e. The molecular weight excluding hydrogens is 314 g/mol. The Hall–Kier alpha value is -2.15. The topological polar surface area (TPSA) is 81.2 Å². The van der Waals surface area contributed by atoms with Crippen LogP contribution in [0.15, 0.2) is 35.5 Å². The van der Waals surface area contributed by atoms with Crippen molar-refractivity contribution in [1.82, 2.24) is 9.97 Å². The Kier molecular flexibility index (Phi) is 3.45. The number of anilines is 1. The van der Waals surface area contributed by atoms with E-state index in [0.29, 0.717) is 24.0 Å². The van der Waals surface area contributed by atoms with Crippen LogP contribution in [-0.2, 0) is 22.9 Å². The highest BCUT2D eigenvalue weighted by Gasteiger charge is 2.26. The minimum absolute atomic E-state index is 0.162. The summed E-state index contributed by atoms with van der Waals surface area (Å²) in [6, 6.07) is 5.17. The van der Waals surface area contributed by atoms with Gasteiger partial charge in [-0.25, -0.2) is 18.4 Å². The average molecular weight is 331 g/mol. The maximum atomic E-state index is 12.6. The molecule has 0 atom stereocenters. The second-order valence-electron chi connectivity index (χ2n) is 5.98. The van der Waals surface area contributed by atoms with Gasteiger partial charge in [0.05, 0.1) is 24.7 Å². The van der Waals surface area contributed by atoms with Crippen LogP contribution in [0.4, 0.5) is 5.69 Å². The Bertz CT molecular complexity index is 830. The van der Waals surface area contributed by atoms with E-state index in [4.69, 9.17) is 4.74 Å². The zero-order valence-corrected chi connectivity index (χ0v) is 13.3. The summed E-state index contributed by atoms with van der Waals surface area (Å²) in [5.41, 5.74) is 1.28. The molecule has 120 valence electrons. The second-order valence-corrected chi connectivity index (χ2v) is 7.63. The highest BCUT2D eigenvalue weighted by molar-refractivity contribution is 7.92. The Labute approximate surface area is 135 Å². The number of sulfonamides is 1. The van der Waals surface area contributed by atoms with E-state index < -0.39 is 10.0 Å². The lowest BCUT2D eigenvalue weighted by atomic mass is 10.2. The van der Waals surface area contributed by atoms with Crippen molar-refractivity contribution in [3.63, 3.8) is 0 Å². The Morgan fingerprint density at radius 3 is 2.74 bits per heavy atom. The molecule has 1 aromatic heterocycles. The molecular formula is C16H17N3O3S. The van der Waals surface area contributed by atoms with Crippen molar-refractivity contribution in [2.24, 2.45) is 5.92 Å². The molecule has 2 heterocycles. The van der Waals surface area contributed by atoms with E-state index in [9.17, 15) is 8.42 Å². The standard InChI is InChI=1S/C16H17N3O3S/c20-23(21,14-3-1-2-12-6-7-22-16(12)14)19-13-9-17-15(18-10-13)8-11-4-5-11/h1-3,9-11,19H,4-8H2. The number of hydrogen-bond acceptors (Lipinski definition) is 5. The number of rotatable bonds is 5. The SMILES string of the molecule is O=S(=O)(Nc1cnc(CC2CC2)nc1)c1cccc2c1OCC2. The largest absolute Gasteiger partial charge is 0.492 e. The number of fused-ring (bicyclic) bond motifs is 1. The van der Waals surface area contributed by atoms with Gasteiger partial charge in [0.25, 0.3) is 10.0 Å². The quantitative estimate of drug-likeness (QED) is 0.908. The van der Waals surface area contributed by atoms with E-state index >= 15 is 0 Å². The third kappa shape index (κ3) is 3.01. The molecule has 1 aliphatic heterocycles. The molecule has 0 saturated heterocycles. The third-order valence-electron chi connectivity index (χ3n) is 4.09. The lowest BCUT2D eigenvalue weighted by molar-refractivity contribution is 0.348. The number of para-hydroxylation sites is 1. The molecule has 7 heteroatoms. The van der Waals surface area contributed by atoms with Crippen molar-refractivity contribution in [3.8, 4) is 5.75 Å². The van der Waals surface area contributed by atoms with Crippen LogP contribution in [0.3, 0.4) is 0 Å². The van der Waals surface area contributed by atoms with E-state index in [1.165, 1.54) is 25.2 Å². The predicted molar refractivity (Wildman–Crippen MR) is 84.9 cm³/mol. The van der Waals surface area contributed by atoms with Gasteiger partial charge < -0.3 is 4.74 Å². The van der Waals surface area contributed by atoms with Crippen LogP contribution < -0.4 is 9.46 Å². The smallest absolute Gasteiger partial charge is 0.265 e. The van der Waals surface area contributed by atoms with Gasteiger partial charge in [0.1, 0.15) is 16.5 Å². The maximum absolute atomic E-state index is 12.6. The zero-order chi connectivity index (χ0) is 15.9. The van der Waals surface area contributed by atoms with Crippen LogP contribution in [0.5, 0.6) is 5.75 Å². The van der Waals surface area contributed by atoms with Gasteiger partial charge in [-0.15, -0.1) is 0 Å². The Morgan fingerprint density at radius 2 is 2.00 bits per heavy atom. The highest BCUT2D eigenvalue weighted by Crippen LogP contribution is 2.34. The number of nitrogens with one attached hydrogen (secondary N) is 1. The number of nitrogens with zero attached hydrogens (tertiary/aromatic N) is 2. The Morgan fingerprint density at radius 1 is 1.22 bits per heavy atom. The van der Waals surface area contributed by atoms with Gasteiger partial charge in [0.2, 0.25) is 0 Å². The third-order valence-corrected chi connectivity index (χ3v) is 5.50. The van der Waals surface area contributed by atoms with Crippen LogP contribution in [0.2, 0.25) is 0 Å². The molecule has 0 spiro atoms. The molecule has 0 radical (unpaired) electrons. The summed E-state index contributed by atoms with van der Waals surface area (Å²) in [5.74, 6) is 1.91. The zero-order valence-electron chi connectivity index (χ0n) is 12.5. The summed E-state index contributed by atoms with van der Waals surface area (Å²) in [7, 11) is -3.72. The first-order valence-corrected chi connectivity index (χ1v) is 9.18. The lowest BCUT2D eigenvalue weighted by Crippen LogP contribution is -2.14. The molecule has 4 rings (SSSR count). The normalized spacial score (nSPS) is 16.7. The summed E-state index contributed by atoms with van der Waals surface area (Å²) < 4.78 is 33.2. The van der Waals surface area contributed by atoms with E-state index in [2.05, 4.69) is 14.7 Å². The molecule has 2 aliphatic rings. The number of hydrogen-bond donors (Lipinski definition) is 1. The number of benzene rings is 1. The molecule has 1 fully saturated rings. The highest BCUT2D eigenvalue weighted by atomic mass is 32.2. The summed E-state index contributed by atoms with van der Waals surface area (Å²) in [5, 5.41) is 0. The van der Waals surface area contributed by atoms with E-state index in [0.717, 1.165) is 24.2 Å². The van der Waals surface area contributed by atoms with Crippen molar-refractivity contribution < 1.29 is 13.2 Å². The number of aromatic nitrogens is 2. The summed E-state index contributed by atoms with van der Waals surface area (Å²) in [6.45, 7) is 0.515. The first-order valence-electron chi connectivity index (χ1n) is 7.70. The molecule has 1 N–H and O–H groups in total. The van der Waals surface area contributed by atoms with Gasteiger partial charge in [0.15, 0.2) is 0 Å². The monoisotopic (exact) mass is 331 g/mol. The molecule has 1 aromatic carbocycles. The average Bonchev–Trinajstić information content (AvgIpc) is 3.21. The minimum Gasteiger partial charge on any atom is -0.492 e. The van der Waals surface area contributed by atoms with Crippen molar-refractivity contribution in [2.45, 2.75) is 30.6 Å². The molecule has 0 unspecified atom stereocenters. The lowest BCUT2D eigenvalue weighted by Gasteiger charge is -2.11. The first-order chi connectivity index (χ1) is 11.1. The van der Waals surface area contributed by atoms with Gasteiger partial charge in [0, 0.05) is 12.8 Å². The second kappa shape index (κ2) is 5.49. The van der Waals surface area contributed by atoms with Gasteiger partial charge in [-0.2, -0.15) is 0 Å². The molecule has 6 nitrogen and oxygen atoms in total. The van der Waals surface area contributed by atoms with Gasteiger partial charge >= 0.3 is 0 Å². The van der Waals surface area contributed by atoms with Crippen LogP contribution in [0.1, 0.15) is 24.2 Å². The van der Waals surface area contributed by atoms with Crippen LogP contribution in [-0.4, -0.2) is 25.0 Å². The molecule has 0 amide bonds. The van der Waals surface area contributed by atoms with E-state index in [1.54, 1.807) is 12.1 Å². The van der Waals surface area contributed by atoms with E-state index in [-0.39, 0.29) is 4.90 Å². The van der Waals surface area contributed by atoms with Crippen molar-refractivity contribution in [1.29, 1.82) is 0 Å². The Balaban J connectivity index is 1.56. The fraction of sp³-hybridized carbons (Fsp3) is 0.375. The first kappa shape index (κ1) is 14.4. The van der Waals surface area contributed by atoms with Crippen LogP contribution in [0, 0.1) is 5.92 Å². The molecule has 2 aromatic rings. The van der Waals surface area contributed by atoms with Gasteiger partial charge in [-0.05, 0) is 30.4 Å². The minimum atomic E-state index is -3.72. The fourth-order valence-electron chi connectivity index (χ4n) is 2.70.